The predicted molar refractivity (Wildman–Crippen MR) is 150 cm³/mol. The molecule has 3 heterocycles. The van der Waals surface area contributed by atoms with E-state index >= 15 is 0 Å². The summed E-state index contributed by atoms with van der Waals surface area (Å²) < 4.78 is 30.3. The number of hydrogen-bond acceptors (Lipinski definition) is 7. The van der Waals surface area contributed by atoms with Gasteiger partial charge in [-0.2, -0.15) is 5.10 Å². The van der Waals surface area contributed by atoms with E-state index < -0.39 is 10.0 Å². The maximum absolute atomic E-state index is 12.8. The lowest BCUT2D eigenvalue weighted by atomic mass is 10.1. The van der Waals surface area contributed by atoms with Crippen molar-refractivity contribution in [1.82, 2.24) is 29.4 Å². The molecule has 1 atom stereocenters. The summed E-state index contributed by atoms with van der Waals surface area (Å²) in [5.74, 6) is 0.239. The molecule has 10 nitrogen and oxygen atoms in total. The van der Waals surface area contributed by atoms with Crippen LogP contribution in [0.3, 0.4) is 0 Å². The number of carbonyl (C=O) groups excluding carboxylic acids is 1. The third kappa shape index (κ3) is 5.88. The molecule has 11 heteroatoms. The quantitative estimate of drug-likeness (QED) is 0.354. The van der Waals surface area contributed by atoms with Crippen LogP contribution in [0.25, 0.3) is 22.3 Å². The largest absolute Gasteiger partial charge is 0.383 e. The van der Waals surface area contributed by atoms with Crippen molar-refractivity contribution in [3.63, 3.8) is 0 Å². The number of likely N-dealkylation sites (tertiary alicyclic amines) is 1. The number of nitrogens with zero attached hydrogens (tertiary/aromatic N) is 5. The first kappa shape index (κ1) is 27.7. The van der Waals surface area contributed by atoms with Gasteiger partial charge in [0.25, 0.3) is 0 Å². The van der Waals surface area contributed by atoms with Gasteiger partial charge in [-0.1, -0.05) is 57.5 Å². The number of amides is 1. The van der Waals surface area contributed by atoms with Crippen molar-refractivity contribution < 1.29 is 13.2 Å². The van der Waals surface area contributed by atoms with Crippen LogP contribution in [-0.4, -0.2) is 57.3 Å². The van der Waals surface area contributed by atoms with Crippen molar-refractivity contribution in [3.05, 3.63) is 48.8 Å². The van der Waals surface area contributed by atoms with Gasteiger partial charge in [0.2, 0.25) is 15.9 Å². The maximum Gasteiger partial charge on any atom is 0.246 e. The second-order valence-electron chi connectivity index (χ2n) is 9.80. The van der Waals surface area contributed by atoms with Crippen LogP contribution in [0.5, 0.6) is 0 Å². The summed E-state index contributed by atoms with van der Waals surface area (Å²) in [5, 5.41) is 5.20. The second-order valence-corrected chi connectivity index (χ2v) is 11.8. The number of hydrogen-bond donors (Lipinski definition) is 2. The number of rotatable bonds is 11. The molecule has 1 amide bonds. The molecule has 0 radical (unpaired) electrons. The molecule has 1 saturated heterocycles. The first-order chi connectivity index (χ1) is 18.3. The fraction of sp³-hybridized carbons (Fsp3) is 0.481. The summed E-state index contributed by atoms with van der Waals surface area (Å²) in [4.78, 5) is 22.7. The summed E-state index contributed by atoms with van der Waals surface area (Å²) in [6, 6.07) is 7.55. The molecule has 3 aromatic rings. The Morgan fingerprint density at radius 1 is 1.21 bits per heavy atom. The number of sulfonamides is 1. The van der Waals surface area contributed by atoms with Gasteiger partial charge in [-0.15, -0.1) is 0 Å². The molecule has 4 rings (SSSR count). The summed E-state index contributed by atoms with van der Waals surface area (Å²) >= 11 is 0. The topological polar surface area (TPSA) is 136 Å². The fourth-order valence-corrected chi connectivity index (χ4v) is 6.81. The highest BCUT2D eigenvalue weighted by Gasteiger charge is 2.28. The smallest absolute Gasteiger partial charge is 0.246 e. The molecule has 1 aliphatic rings. The van der Waals surface area contributed by atoms with E-state index in [2.05, 4.69) is 21.3 Å². The van der Waals surface area contributed by atoms with E-state index in [1.54, 1.807) is 4.90 Å². The number of fused-ring (bicyclic) bond motifs is 1. The van der Waals surface area contributed by atoms with Crippen molar-refractivity contribution in [2.45, 2.75) is 70.2 Å². The van der Waals surface area contributed by atoms with Gasteiger partial charge in [-0.05, 0) is 37.3 Å². The van der Waals surface area contributed by atoms with Crippen LogP contribution < -0.4 is 10.5 Å². The summed E-state index contributed by atoms with van der Waals surface area (Å²) in [7, 11) is -3.40. The molecule has 1 unspecified atom stereocenters. The van der Waals surface area contributed by atoms with E-state index in [-0.39, 0.29) is 23.7 Å². The van der Waals surface area contributed by atoms with Crippen LogP contribution in [0.4, 0.5) is 5.82 Å². The Balaban J connectivity index is 1.59. The second kappa shape index (κ2) is 12.0. The minimum atomic E-state index is -3.40. The average molecular weight is 540 g/mol. The zero-order chi connectivity index (χ0) is 27.3. The molecule has 0 spiro atoms. The minimum absolute atomic E-state index is 0.0499. The average Bonchev–Trinajstić information content (AvgIpc) is 3.33. The molecule has 0 bridgehead atoms. The van der Waals surface area contributed by atoms with Crippen LogP contribution in [0.1, 0.15) is 64.0 Å². The SMILES string of the molecule is C=CC(=O)N1CCCC(n2nc(-c3ccc(CNS(=O)(=O)C(CCC)CCC)cc3)c3c(N)ncnc32)C1. The Kier molecular flexibility index (Phi) is 8.78. The number of benzene rings is 1. The van der Waals surface area contributed by atoms with Crippen LogP contribution in [0, 0.1) is 0 Å². The monoisotopic (exact) mass is 539 g/mol. The van der Waals surface area contributed by atoms with Gasteiger partial charge >= 0.3 is 0 Å². The number of piperidine rings is 1. The normalized spacial score (nSPS) is 16.3. The lowest BCUT2D eigenvalue weighted by molar-refractivity contribution is -0.127. The van der Waals surface area contributed by atoms with Crippen molar-refractivity contribution >= 4 is 32.8 Å². The van der Waals surface area contributed by atoms with Crippen molar-refractivity contribution in [2.75, 3.05) is 18.8 Å². The van der Waals surface area contributed by atoms with Crippen LogP contribution in [0.2, 0.25) is 0 Å². The molecule has 0 saturated carbocycles. The minimum Gasteiger partial charge on any atom is -0.383 e. The van der Waals surface area contributed by atoms with Crippen molar-refractivity contribution in [3.8, 4) is 11.3 Å². The third-order valence-electron chi connectivity index (χ3n) is 7.11. The van der Waals surface area contributed by atoms with E-state index in [9.17, 15) is 13.2 Å². The van der Waals surface area contributed by atoms with E-state index in [1.165, 1.54) is 12.4 Å². The number of aromatic nitrogens is 4. The van der Waals surface area contributed by atoms with Gasteiger partial charge in [0.15, 0.2) is 5.65 Å². The third-order valence-corrected chi connectivity index (χ3v) is 9.01. The van der Waals surface area contributed by atoms with E-state index in [0.29, 0.717) is 48.5 Å². The van der Waals surface area contributed by atoms with Gasteiger partial charge < -0.3 is 10.6 Å². The number of carbonyl (C=O) groups is 1. The highest BCUT2D eigenvalue weighted by Crippen LogP contribution is 2.34. The van der Waals surface area contributed by atoms with Crippen LogP contribution >= 0.6 is 0 Å². The molecule has 2 aromatic heterocycles. The molecule has 1 fully saturated rings. The van der Waals surface area contributed by atoms with Gasteiger partial charge in [0.1, 0.15) is 17.8 Å². The number of anilines is 1. The van der Waals surface area contributed by atoms with Gasteiger partial charge in [0.05, 0.1) is 16.7 Å². The first-order valence-electron chi connectivity index (χ1n) is 13.3. The highest BCUT2D eigenvalue weighted by atomic mass is 32.2. The Labute approximate surface area is 224 Å². The summed E-state index contributed by atoms with van der Waals surface area (Å²) in [6.07, 6.45) is 7.44. The molecular weight excluding hydrogens is 502 g/mol. The molecule has 204 valence electrons. The lowest BCUT2D eigenvalue weighted by Gasteiger charge is -2.32. The van der Waals surface area contributed by atoms with Crippen molar-refractivity contribution in [1.29, 1.82) is 0 Å². The standard InChI is InChI=1S/C27H37N7O3S/c1-4-8-22(9-5-2)38(36,37)31-16-19-11-13-20(14-12-19)25-24-26(28)29-18-30-27(24)34(32-25)21-10-7-15-33(17-21)23(35)6-3/h6,11-14,18,21-22,31H,3-5,7-10,15-17H2,1-2H3,(H2,28,29,30). The Bertz CT molecular complexity index is 1380. The Morgan fingerprint density at radius 3 is 2.58 bits per heavy atom. The van der Waals surface area contributed by atoms with Gasteiger partial charge in [0, 0.05) is 25.2 Å². The van der Waals surface area contributed by atoms with E-state index in [0.717, 1.165) is 36.8 Å². The van der Waals surface area contributed by atoms with Crippen LogP contribution in [0.15, 0.2) is 43.2 Å². The highest BCUT2D eigenvalue weighted by molar-refractivity contribution is 7.90. The number of nitrogens with two attached hydrogens (primary N) is 1. The van der Waals surface area contributed by atoms with E-state index in [4.69, 9.17) is 10.8 Å². The molecule has 1 aliphatic heterocycles. The van der Waals surface area contributed by atoms with Gasteiger partial charge in [-0.25, -0.2) is 27.8 Å². The van der Waals surface area contributed by atoms with E-state index in [1.807, 2.05) is 42.8 Å². The lowest BCUT2D eigenvalue weighted by Crippen LogP contribution is -2.40. The first-order valence-corrected chi connectivity index (χ1v) is 14.8. The number of nitrogens with one attached hydrogen (secondary N) is 1. The van der Waals surface area contributed by atoms with Gasteiger partial charge in [-0.3, -0.25) is 4.79 Å². The zero-order valence-electron chi connectivity index (χ0n) is 22.1. The van der Waals surface area contributed by atoms with Crippen LogP contribution in [-0.2, 0) is 21.4 Å². The molecule has 1 aromatic carbocycles. The molecule has 38 heavy (non-hydrogen) atoms. The fourth-order valence-electron chi connectivity index (χ4n) is 5.12. The summed E-state index contributed by atoms with van der Waals surface area (Å²) in [5.41, 5.74) is 9.23. The maximum atomic E-state index is 12.8. The Hall–Kier alpha value is -3.31. The summed E-state index contributed by atoms with van der Waals surface area (Å²) in [6.45, 7) is 9.05. The molecule has 3 N–H and O–H groups in total. The predicted octanol–water partition coefficient (Wildman–Crippen LogP) is 3.81. The molecule has 0 aliphatic carbocycles. The Morgan fingerprint density at radius 2 is 1.92 bits per heavy atom. The van der Waals surface area contributed by atoms with Crippen molar-refractivity contribution in [2.24, 2.45) is 0 Å². The zero-order valence-corrected chi connectivity index (χ0v) is 23.0. The molecular formula is C27H37N7O3S. The number of nitrogen functional groups attached to an aromatic ring is 1.